The summed E-state index contributed by atoms with van der Waals surface area (Å²) in [6, 6.07) is 13.9. The highest BCUT2D eigenvalue weighted by atomic mass is 32.1. The van der Waals surface area contributed by atoms with Crippen molar-refractivity contribution in [1.82, 2.24) is 29.4 Å². The molecule has 43 heavy (non-hydrogen) atoms. The topological polar surface area (TPSA) is 112 Å². The number of methoxy groups -OCH3 is 1. The summed E-state index contributed by atoms with van der Waals surface area (Å²) in [5, 5.41) is 21.4. The Labute approximate surface area is 255 Å². The predicted molar refractivity (Wildman–Crippen MR) is 166 cm³/mol. The molecule has 1 aliphatic heterocycles. The van der Waals surface area contributed by atoms with E-state index in [1.54, 1.807) is 35.1 Å². The van der Waals surface area contributed by atoms with Gasteiger partial charge in [-0.25, -0.2) is 14.5 Å². The maximum absolute atomic E-state index is 11.2. The Morgan fingerprint density at radius 2 is 1.93 bits per heavy atom. The zero-order chi connectivity index (χ0) is 29.5. The maximum Gasteiger partial charge on any atom is 0.212 e. The number of ether oxygens (including phenoxy) is 1. The number of nitrogens with zero attached hydrogens (tertiary/aromatic N) is 7. The van der Waals surface area contributed by atoms with Gasteiger partial charge in [-0.2, -0.15) is 5.10 Å². The number of benzene rings is 2. The number of anilines is 1. The monoisotopic (exact) mass is 615 g/mol. The molecule has 0 unspecified atom stereocenters. The SMILES string of the molecule is COc1cc(N(O)Cc2csc(-c3ccc(CN4CCN(C=O)CC4)cc3)n2)c2cc(-c3cn4nc(C)sc4n3)oc2c1. The Kier molecular flexibility index (Phi) is 7.31. The van der Waals surface area contributed by atoms with Gasteiger partial charge >= 0.3 is 0 Å². The van der Waals surface area contributed by atoms with Crippen LogP contribution in [0.2, 0.25) is 0 Å². The zero-order valence-corrected chi connectivity index (χ0v) is 25.3. The van der Waals surface area contributed by atoms with Gasteiger partial charge in [0.05, 0.1) is 31.2 Å². The number of hydroxylamine groups is 1. The Morgan fingerprint density at radius 1 is 1.12 bits per heavy atom. The van der Waals surface area contributed by atoms with E-state index in [4.69, 9.17) is 14.1 Å². The Balaban J connectivity index is 1.07. The third-order valence-corrected chi connectivity index (χ3v) is 9.30. The lowest BCUT2D eigenvalue weighted by molar-refractivity contribution is -0.119. The number of hydrogen-bond acceptors (Lipinski definition) is 11. The summed E-state index contributed by atoms with van der Waals surface area (Å²) in [6.45, 7) is 6.30. The zero-order valence-electron chi connectivity index (χ0n) is 23.6. The van der Waals surface area contributed by atoms with E-state index in [0.717, 1.165) is 70.8 Å². The molecule has 0 atom stereocenters. The Bertz CT molecular complexity index is 1870. The molecular formula is C30H29N7O4S2. The van der Waals surface area contributed by atoms with E-state index in [1.807, 2.05) is 29.5 Å². The number of piperazine rings is 1. The van der Waals surface area contributed by atoms with Gasteiger partial charge < -0.3 is 14.1 Å². The smallest absolute Gasteiger partial charge is 0.212 e. The summed E-state index contributed by atoms with van der Waals surface area (Å²) < 4.78 is 13.4. The number of hydrogen-bond donors (Lipinski definition) is 1. The fourth-order valence-electron chi connectivity index (χ4n) is 5.26. The molecule has 0 radical (unpaired) electrons. The first-order chi connectivity index (χ1) is 20.9. The van der Waals surface area contributed by atoms with Crippen molar-refractivity contribution in [2.24, 2.45) is 0 Å². The molecule has 1 N–H and O–H groups in total. The highest BCUT2D eigenvalue weighted by molar-refractivity contribution is 7.16. The molecule has 0 saturated carbocycles. The number of amides is 1. The van der Waals surface area contributed by atoms with Crippen molar-refractivity contribution in [3.8, 4) is 27.8 Å². The van der Waals surface area contributed by atoms with Gasteiger partial charge in [0.15, 0.2) is 5.76 Å². The second-order valence-corrected chi connectivity index (χ2v) is 12.5. The van der Waals surface area contributed by atoms with E-state index >= 15 is 0 Å². The number of imidazole rings is 1. The molecule has 11 nitrogen and oxygen atoms in total. The minimum Gasteiger partial charge on any atom is -0.497 e. The molecule has 0 spiro atoms. The lowest BCUT2D eigenvalue weighted by Crippen LogP contribution is -2.45. The van der Waals surface area contributed by atoms with E-state index in [1.165, 1.54) is 22.0 Å². The van der Waals surface area contributed by atoms with E-state index in [9.17, 15) is 10.0 Å². The van der Waals surface area contributed by atoms with Crippen LogP contribution >= 0.6 is 22.7 Å². The van der Waals surface area contributed by atoms with Gasteiger partial charge in [0.25, 0.3) is 0 Å². The van der Waals surface area contributed by atoms with Gasteiger partial charge in [0.2, 0.25) is 11.4 Å². The summed E-state index contributed by atoms with van der Waals surface area (Å²) in [6.07, 6.45) is 2.77. The predicted octanol–water partition coefficient (Wildman–Crippen LogP) is 5.31. The fourth-order valence-corrected chi connectivity index (χ4v) is 6.80. The molecule has 5 heterocycles. The van der Waals surface area contributed by atoms with Crippen LogP contribution in [-0.2, 0) is 17.9 Å². The van der Waals surface area contributed by atoms with Gasteiger partial charge in [0.1, 0.15) is 27.0 Å². The lowest BCUT2D eigenvalue weighted by Gasteiger charge is -2.32. The van der Waals surface area contributed by atoms with Gasteiger partial charge in [-0.15, -0.1) is 11.3 Å². The summed E-state index contributed by atoms with van der Waals surface area (Å²) >= 11 is 3.05. The minimum atomic E-state index is 0.188. The molecule has 7 rings (SSSR count). The fraction of sp³-hybridized carbons (Fsp3) is 0.267. The van der Waals surface area contributed by atoms with Crippen molar-refractivity contribution in [3.05, 3.63) is 70.3 Å². The number of furan rings is 1. The third-order valence-electron chi connectivity index (χ3n) is 7.53. The minimum absolute atomic E-state index is 0.188. The van der Waals surface area contributed by atoms with Crippen LogP contribution in [0.3, 0.4) is 0 Å². The van der Waals surface area contributed by atoms with Crippen LogP contribution in [0.25, 0.3) is 38.0 Å². The molecule has 0 aliphatic carbocycles. The highest BCUT2D eigenvalue weighted by Gasteiger charge is 2.20. The standard InChI is InChI=1S/C30H29N7O4S2/c1-19-33-36-16-25(32-30(36)43-19)28-13-24-26(11-23(40-2)12-27(24)41-28)37(39)15-22-17-42-29(31-22)21-5-3-20(4-6-21)14-34-7-9-35(18-38)10-8-34/h3-6,11-13,16-18,39H,7-10,14-15H2,1-2H3. The number of thiazole rings is 1. The molecule has 2 aromatic carbocycles. The van der Waals surface area contributed by atoms with Crippen LogP contribution in [0.1, 0.15) is 16.3 Å². The van der Waals surface area contributed by atoms with Crippen LogP contribution in [0, 0.1) is 6.92 Å². The second-order valence-electron chi connectivity index (χ2n) is 10.5. The van der Waals surface area contributed by atoms with E-state index in [-0.39, 0.29) is 6.54 Å². The first-order valence-corrected chi connectivity index (χ1v) is 15.5. The van der Waals surface area contributed by atoms with E-state index in [2.05, 4.69) is 39.2 Å². The first kappa shape index (κ1) is 27.5. The second kappa shape index (κ2) is 11.4. The number of fused-ring (bicyclic) bond motifs is 2. The van der Waals surface area contributed by atoms with Crippen LogP contribution in [0.15, 0.2) is 58.5 Å². The number of carbonyl (C=O) groups is 1. The number of aromatic nitrogens is 4. The summed E-state index contributed by atoms with van der Waals surface area (Å²) in [5.74, 6) is 1.14. The molecule has 13 heteroatoms. The number of aryl methyl sites for hydroxylation is 1. The molecule has 6 aromatic rings. The van der Waals surface area contributed by atoms with Crippen molar-refractivity contribution in [1.29, 1.82) is 0 Å². The average molecular weight is 616 g/mol. The molecule has 1 amide bonds. The highest BCUT2D eigenvalue weighted by Crippen LogP contribution is 2.38. The van der Waals surface area contributed by atoms with Crippen molar-refractivity contribution in [3.63, 3.8) is 0 Å². The maximum atomic E-state index is 11.2. The van der Waals surface area contributed by atoms with Gasteiger partial charge in [-0.3, -0.25) is 20.0 Å². The molecule has 1 fully saturated rings. The average Bonchev–Trinajstić information content (AvgIpc) is 3.81. The molecule has 220 valence electrons. The third kappa shape index (κ3) is 5.59. The summed E-state index contributed by atoms with van der Waals surface area (Å²) in [4.78, 5) is 25.4. The summed E-state index contributed by atoms with van der Waals surface area (Å²) in [7, 11) is 1.58. The Hall–Kier alpha value is -4.30. The van der Waals surface area contributed by atoms with Gasteiger partial charge in [-0.1, -0.05) is 35.6 Å². The van der Waals surface area contributed by atoms with Gasteiger partial charge in [0, 0.05) is 61.2 Å². The van der Waals surface area contributed by atoms with Crippen molar-refractivity contribution in [2.45, 2.75) is 20.0 Å². The van der Waals surface area contributed by atoms with Crippen molar-refractivity contribution in [2.75, 3.05) is 38.4 Å². The van der Waals surface area contributed by atoms with Crippen LogP contribution < -0.4 is 9.80 Å². The lowest BCUT2D eigenvalue weighted by atomic mass is 10.1. The van der Waals surface area contributed by atoms with Crippen molar-refractivity contribution < 1.29 is 19.2 Å². The van der Waals surface area contributed by atoms with E-state index in [0.29, 0.717) is 28.5 Å². The quantitative estimate of drug-likeness (QED) is 0.171. The largest absolute Gasteiger partial charge is 0.497 e. The normalized spacial score (nSPS) is 14.2. The molecule has 0 bridgehead atoms. The molecule has 4 aromatic heterocycles. The van der Waals surface area contributed by atoms with Crippen LogP contribution in [-0.4, -0.2) is 74.3 Å². The number of carbonyl (C=O) groups excluding carboxylic acids is 1. The Morgan fingerprint density at radius 3 is 2.67 bits per heavy atom. The van der Waals surface area contributed by atoms with Crippen LogP contribution in [0.5, 0.6) is 5.75 Å². The molecule has 1 saturated heterocycles. The van der Waals surface area contributed by atoms with Crippen LogP contribution in [0.4, 0.5) is 5.69 Å². The summed E-state index contributed by atoms with van der Waals surface area (Å²) in [5.41, 5.74) is 4.80. The number of rotatable bonds is 9. The molecule has 1 aliphatic rings. The van der Waals surface area contributed by atoms with E-state index < -0.39 is 0 Å². The molecular weight excluding hydrogens is 587 g/mol. The first-order valence-electron chi connectivity index (χ1n) is 13.8. The van der Waals surface area contributed by atoms with Crippen molar-refractivity contribution >= 4 is 50.7 Å². The van der Waals surface area contributed by atoms with Gasteiger partial charge in [-0.05, 0) is 18.6 Å².